The first-order valence-corrected chi connectivity index (χ1v) is 2.10. The van der Waals surface area contributed by atoms with E-state index in [1.165, 1.54) is 6.33 Å². The molecule has 1 heterocycles. The van der Waals surface area contributed by atoms with E-state index in [2.05, 4.69) is 20.0 Å². The summed E-state index contributed by atoms with van der Waals surface area (Å²) in [5.74, 6) is 5.29. The van der Waals surface area contributed by atoms with E-state index >= 15 is 0 Å². The molecule has 0 aliphatic carbocycles. The lowest BCUT2D eigenvalue weighted by molar-refractivity contribution is 0.118. The van der Waals surface area contributed by atoms with Crippen LogP contribution in [0.25, 0.3) is 0 Å². The molecule has 0 bridgehead atoms. The lowest BCUT2D eigenvalue weighted by Gasteiger charge is -1.85. The summed E-state index contributed by atoms with van der Waals surface area (Å²) >= 11 is 0. The van der Waals surface area contributed by atoms with E-state index < -0.39 is 0 Å². The largest absolute Gasteiger partial charge is 0.296 e. The topological polar surface area (TPSA) is 76.8 Å². The van der Waals surface area contributed by atoms with E-state index in [0.717, 1.165) is 0 Å². The molecule has 3 N–H and O–H groups in total. The van der Waals surface area contributed by atoms with Crippen LogP contribution in [0.2, 0.25) is 0 Å². The average molecular weight is 114 g/mol. The molecule has 0 saturated carbocycles. The number of nitrogens with one attached hydrogen (secondary N) is 1. The quantitative estimate of drug-likeness (QED) is 0.493. The summed E-state index contributed by atoms with van der Waals surface area (Å²) < 4.78 is 0. The Kier molecular flexibility index (Phi) is 1.55. The van der Waals surface area contributed by atoms with Crippen molar-refractivity contribution in [3.05, 3.63) is 12.2 Å². The van der Waals surface area contributed by atoms with Crippen LogP contribution in [0, 0.1) is 0 Å². The maximum Gasteiger partial charge on any atom is 0.178 e. The molecular weight excluding hydrogens is 108 g/mol. The Bertz CT molecular complexity index is 137. The molecule has 0 amide bonds. The maximum atomic E-state index is 4.73. The highest BCUT2D eigenvalue weighted by atomic mass is 16.6. The molecule has 5 nitrogen and oxygen atoms in total. The van der Waals surface area contributed by atoms with Crippen LogP contribution in [0.5, 0.6) is 0 Å². The Morgan fingerprint density at radius 3 is 3.25 bits per heavy atom. The van der Waals surface area contributed by atoms with Crippen molar-refractivity contribution < 1.29 is 4.84 Å². The van der Waals surface area contributed by atoms with Crippen molar-refractivity contribution in [2.45, 2.75) is 6.61 Å². The molecule has 0 spiro atoms. The molecule has 0 atom stereocenters. The number of nitrogens with two attached hydrogens (primary N) is 1. The van der Waals surface area contributed by atoms with Gasteiger partial charge in [0.05, 0.1) is 0 Å². The summed E-state index contributed by atoms with van der Waals surface area (Å²) in [6.45, 7) is 0.253. The zero-order valence-electron chi connectivity index (χ0n) is 4.16. The molecule has 0 saturated heterocycles. The molecule has 0 fully saturated rings. The van der Waals surface area contributed by atoms with Gasteiger partial charge < -0.3 is 0 Å². The average Bonchev–Trinajstić information content (AvgIpc) is 2.19. The smallest absolute Gasteiger partial charge is 0.178 e. The van der Waals surface area contributed by atoms with Crippen molar-refractivity contribution >= 4 is 0 Å². The number of H-pyrrole nitrogens is 1. The maximum absolute atomic E-state index is 4.73. The third kappa shape index (κ3) is 1.02. The lowest BCUT2D eigenvalue weighted by atomic mass is 10.7. The predicted molar refractivity (Wildman–Crippen MR) is 25.4 cm³/mol. The third-order valence-electron chi connectivity index (χ3n) is 0.677. The van der Waals surface area contributed by atoms with Gasteiger partial charge in [-0.3, -0.25) is 9.94 Å². The third-order valence-corrected chi connectivity index (χ3v) is 0.677. The molecule has 0 radical (unpaired) electrons. The molecule has 8 heavy (non-hydrogen) atoms. The molecule has 0 aliphatic heterocycles. The second-order valence-electron chi connectivity index (χ2n) is 1.23. The van der Waals surface area contributed by atoms with Gasteiger partial charge in [-0.25, -0.2) is 10.9 Å². The van der Waals surface area contributed by atoms with Crippen molar-refractivity contribution in [2.24, 2.45) is 5.90 Å². The van der Waals surface area contributed by atoms with E-state index in [0.29, 0.717) is 5.82 Å². The van der Waals surface area contributed by atoms with Crippen LogP contribution in [-0.2, 0) is 11.4 Å². The zero-order valence-corrected chi connectivity index (χ0v) is 4.16. The minimum atomic E-state index is 0.253. The first-order valence-electron chi connectivity index (χ1n) is 2.10. The monoisotopic (exact) mass is 114 g/mol. The van der Waals surface area contributed by atoms with Gasteiger partial charge in [0, 0.05) is 0 Å². The Morgan fingerprint density at radius 1 is 1.88 bits per heavy atom. The Morgan fingerprint density at radius 2 is 2.75 bits per heavy atom. The van der Waals surface area contributed by atoms with E-state index in [1.807, 2.05) is 0 Å². The zero-order chi connectivity index (χ0) is 5.82. The fourth-order valence-electron chi connectivity index (χ4n) is 0.380. The molecule has 44 valence electrons. The molecule has 0 aromatic carbocycles. The molecule has 1 rings (SSSR count). The predicted octanol–water partition coefficient (Wildman–Crippen LogP) is -0.805. The van der Waals surface area contributed by atoms with Gasteiger partial charge in [-0.05, 0) is 0 Å². The van der Waals surface area contributed by atoms with Gasteiger partial charge in [0.1, 0.15) is 12.9 Å². The summed E-state index contributed by atoms with van der Waals surface area (Å²) in [4.78, 5) is 7.98. The van der Waals surface area contributed by atoms with Crippen LogP contribution in [-0.4, -0.2) is 15.2 Å². The van der Waals surface area contributed by atoms with E-state index in [-0.39, 0.29) is 6.61 Å². The van der Waals surface area contributed by atoms with Gasteiger partial charge in [0.2, 0.25) is 0 Å². The highest BCUT2D eigenvalue weighted by Crippen LogP contribution is 1.83. The first-order chi connectivity index (χ1) is 3.93. The van der Waals surface area contributed by atoms with Crippen LogP contribution in [0.4, 0.5) is 0 Å². The minimum absolute atomic E-state index is 0.253. The van der Waals surface area contributed by atoms with Crippen LogP contribution in [0.3, 0.4) is 0 Å². The fraction of sp³-hybridized carbons (Fsp3) is 0.333. The van der Waals surface area contributed by atoms with Crippen molar-refractivity contribution in [1.82, 2.24) is 15.2 Å². The number of aromatic amines is 1. The second-order valence-corrected chi connectivity index (χ2v) is 1.23. The van der Waals surface area contributed by atoms with Crippen molar-refractivity contribution in [2.75, 3.05) is 0 Å². The van der Waals surface area contributed by atoms with Gasteiger partial charge in [0.15, 0.2) is 5.82 Å². The van der Waals surface area contributed by atoms with Crippen molar-refractivity contribution in [3.63, 3.8) is 0 Å². The number of nitrogens with zero attached hydrogens (tertiary/aromatic N) is 2. The summed E-state index contributed by atoms with van der Waals surface area (Å²) in [6, 6.07) is 0. The van der Waals surface area contributed by atoms with Crippen LogP contribution in [0.1, 0.15) is 5.82 Å². The van der Waals surface area contributed by atoms with Gasteiger partial charge in [-0.1, -0.05) is 0 Å². The second kappa shape index (κ2) is 2.39. The molecular formula is C3H6N4O. The highest BCUT2D eigenvalue weighted by molar-refractivity contribution is 4.74. The van der Waals surface area contributed by atoms with Crippen LogP contribution >= 0.6 is 0 Å². The lowest BCUT2D eigenvalue weighted by Crippen LogP contribution is -2.00. The number of hydrogen-bond acceptors (Lipinski definition) is 4. The number of hydrogen-bond donors (Lipinski definition) is 2. The van der Waals surface area contributed by atoms with Crippen LogP contribution < -0.4 is 5.90 Å². The molecule has 1 aromatic heterocycles. The number of aromatic nitrogens is 3. The van der Waals surface area contributed by atoms with Gasteiger partial charge in [-0.2, -0.15) is 5.10 Å². The van der Waals surface area contributed by atoms with Gasteiger partial charge in [-0.15, -0.1) is 0 Å². The van der Waals surface area contributed by atoms with Crippen molar-refractivity contribution in [1.29, 1.82) is 0 Å². The summed E-state index contributed by atoms with van der Waals surface area (Å²) in [7, 11) is 0. The summed E-state index contributed by atoms with van der Waals surface area (Å²) in [5.41, 5.74) is 0. The molecule has 0 aliphatic rings. The fourth-order valence-corrected chi connectivity index (χ4v) is 0.380. The normalized spacial score (nSPS) is 9.62. The number of rotatable bonds is 2. The highest BCUT2D eigenvalue weighted by Gasteiger charge is 1.90. The summed E-state index contributed by atoms with van der Waals surface area (Å²) in [5, 5.41) is 6.18. The Labute approximate surface area is 45.8 Å². The van der Waals surface area contributed by atoms with E-state index in [9.17, 15) is 0 Å². The van der Waals surface area contributed by atoms with Crippen LogP contribution in [0.15, 0.2) is 6.33 Å². The van der Waals surface area contributed by atoms with E-state index in [1.54, 1.807) is 0 Å². The van der Waals surface area contributed by atoms with Crippen molar-refractivity contribution in [3.8, 4) is 0 Å². The SMILES string of the molecule is NOCc1nc[nH]n1. The molecule has 1 aromatic rings. The standard InChI is InChI=1S/C3H6N4O/c4-8-1-3-5-2-6-7-3/h2H,1,4H2,(H,5,6,7). The Balaban J connectivity index is 2.50. The molecule has 5 heteroatoms. The Hall–Kier alpha value is -0.940. The summed E-state index contributed by atoms with van der Waals surface area (Å²) in [6.07, 6.45) is 1.47. The molecule has 0 unspecified atom stereocenters. The first kappa shape index (κ1) is 5.20. The minimum Gasteiger partial charge on any atom is -0.296 e. The van der Waals surface area contributed by atoms with Gasteiger partial charge >= 0.3 is 0 Å². The van der Waals surface area contributed by atoms with Gasteiger partial charge in [0.25, 0.3) is 0 Å². The van der Waals surface area contributed by atoms with E-state index in [4.69, 9.17) is 5.90 Å².